The number of methoxy groups -OCH3 is 2. The molecule has 0 atom stereocenters. The maximum absolute atomic E-state index is 5.34. The van der Waals surface area contributed by atoms with Crippen LogP contribution in [0.2, 0.25) is 0 Å². The summed E-state index contributed by atoms with van der Waals surface area (Å²) < 4.78 is 12.2. The molecule has 2 rings (SSSR count). The third-order valence-corrected chi connectivity index (χ3v) is 2.70. The molecule has 1 heterocycles. The van der Waals surface area contributed by atoms with Crippen LogP contribution in [0.5, 0.6) is 11.5 Å². The minimum absolute atomic E-state index is 0.650. The molecule has 19 heavy (non-hydrogen) atoms. The second-order valence-corrected chi connectivity index (χ2v) is 3.93. The van der Waals surface area contributed by atoms with E-state index in [-0.39, 0.29) is 0 Å². The Morgan fingerprint density at radius 2 is 1.79 bits per heavy atom. The molecule has 0 radical (unpaired) electrons. The van der Waals surface area contributed by atoms with E-state index in [0.717, 1.165) is 17.2 Å². The fraction of sp³-hybridized carbons (Fsp3) is 0.308. The second-order valence-electron chi connectivity index (χ2n) is 3.93. The lowest BCUT2D eigenvalue weighted by Gasteiger charge is -2.09. The average Bonchev–Trinajstić information content (AvgIpc) is 2.75. The molecular weight excluding hydrogens is 244 g/mol. The molecule has 0 aliphatic carbocycles. The van der Waals surface area contributed by atoms with Crippen LogP contribution in [0.3, 0.4) is 0 Å². The fourth-order valence-corrected chi connectivity index (χ4v) is 1.76. The van der Waals surface area contributed by atoms with Crippen LogP contribution in [0.1, 0.15) is 17.2 Å². The van der Waals surface area contributed by atoms with Crippen molar-refractivity contribution in [2.24, 2.45) is 5.10 Å². The molecule has 0 saturated carbocycles. The van der Waals surface area contributed by atoms with Crippen LogP contribution in [0.15, 0.2) is 23.3 Å². The minimum atomic E-state index is 0.650. The first-order valence-electron chi connectivity index (χ1n) is 5.81. The van der Waals surface area contributed by atoms with Gasteiger partial charge in [0.25, 0.3) is 0 Å². The molecule has 0 aliphatic heterocycles. The van der Waals surface area contributed by atoms with E-state index in [9.17, 15) is 0 Å². The number of aromatic nitrogens is 3. The van der Waals surface area contributed by atoms with Gasteiger partial charge < -0.3 is 9.47 Å². The van der Waals surface area contributed by atoms with Crippen LogP contribution >= 0.6 is 0 Å². The molecule has 0 spiro atoms. The zero-order valence-corrected chi connectivity index (χ0v) is 11.4. The molecular formula is C13H16N4O2. The third-order valence-electron chi connectivity index (χ3n) is 2.70. The van der Waals surface area contributed by atoms with Crippen molar-refractivity contribution in [2.45, 2.75) is 13.8 Å². The van der Waals surface area contributed by atoms with Gasteiger partial charge in [0.15, 0.2) is 23.1 Å². The molecule has 0 amide bonds. The quantitative estimate of drug-likeness (QED) is 0.786. The Morgan fingerprint density at radius 3 is 2.37 bits per heavy atom. The number of benzene rings is 1. The summed E-state index contributed by atoms with van der Waals surface area (Å²) in [4.78, 5) is 0. The Bertz CT molecular complexity index is 585. The minimum Gasteiger partial charge on any atom is -0.493 e. The maximum atomic E-state index is 5.34. The first-order valence-corrected chi connectivity index (χ1v) is 5.81. The van der Waals surface area contributed by atoms with Gasteiger partial charge in [-0.15, -0.1) is 10.2 Å². The summed E-state index contributed by atoms with van der Waals surface area (Å²) in [5.41, 5.74) is 0.828. The van der Waals surface area contributed by atoms with E-state index < -0.39 is 0 Å². The van der Waals surface area contributed by atoms with Crippen molar-refractivity contribution in [2.75, 3.05) is 14.2 Å². The van der Waals surface area contributed by atoms with Gasteiger partial charge in [0.1, 0.15) is 0 Å². The normalized spacial score (nSPS) is 10.9. The number of rotatable bonds is 4. The monoisotopic (exact) mass is 260 g/mol. The molecule has 2 aromatic rings. The van der Waals surface area contributed by atoms with Gasteiger partial charge in [0.2, 0.25) is 0 Å². The van der Waals surface area contributed by atoms with E-state index in [4.69, 9.17) is 9.47 Å². The van der Waals surface area contributed by atoms with Crippen LogP contribution in [-0.2, 0) is 0 Å². The van der Waals surface area contributed by atoms with E-state index in [1.807, 2.05) is 32.0 Å². The third kappa shape index (κ3) is 2.57. The highest BCUT2D eigenvalue weighted by atomic mass is 16.5. The molecule has 1 aromatic carbocycles. The van der Waals surface area contributed by atoms with Crippen molar-refractivity contribution in [1.29, 1.82) is 0 Å². The zero-order valence-electron chi connectivity index (χ0n) is 11.4. The van der Waals surface area contributed by atoms with Gasteiger partial charge in [-0.1, -0.05) is 6.07 Å². The zero-order chi connectivity index (χ0) is 13.8. The molecule has 100 valence electrons. The highest BCUT2D eigenvalue weighted by Crippen LogP contribution is 2.29. The Labute approximate surface area is 111 Å². The largest absolute Gasteiger partial charge is 0.493 e. The fourth-order valence-electron chi connectivity index (χ4n) is 1.76. The Morgan fingerprint density at radius 1 is 1.11 bits per heavy atom. The predicted molar refractivity (Wildman–Crippen MR) is 72.0 cm³/mol. The molecule has 1 aromatic heterocycles. The summed E-state index contributed by atoms with van der Waals surface area (Å²) in [7, 11) is 3.21. The summed E-state index contributed by atoms with van der Waals surface area (Å²) >= 11 is 0. The number of ether oxygens (including phenoxy) is 2. The lowest BCUT2D eigenvalue weighted by molar-refractivity contribution is 0.354. The number of hydrogen-bond donors (Lipinski definition) is 0. The van der Waals surface area contributed by atoms with Crippen molar-refractivity contribution in [3.8, 4) is 11.5 Å². The average molecular weight is 260 g/mol. The van der Waals surface area contributed by atoms with E-state index in [1.165, 1.54) is 0 Å². The molecule has 0 saturated heterocycles. The van der Waals surface area contributed by atoms with Gasteiger partial charge in [0.05, 0.1) is 20.4 Å². The van der Waals surface area contributed by atoms with Gasteiger partial charge in [-0.05, 0) is 26.0 Å². The molecule has 6 heteroatoms. The maximum Gasteiger partial charge on any atom is 0.169 e. The van der Waals surface area contributed by atoms with Crippen LogP contribution < -0.4 is 9.47 Å². The van der Waals surface area contributed by atoms with Crippen molar-refractivity contribution in [1.82, 2.24) is 14.9 Å². The topological polar surface area (TPSA) is 61.5 Å². The lowest BCUT2D eigenvalue weighted by atomic mass is 10.2. The van der Waals surface area contributed by atoms with Crippen LogP contribution in [0.25, 0.3) is 0 Å². The van der Waals surface area contributed by atoms with Gasteiger partial charge >= 0.3 is 0 Å². The predicted octanol–water partition coefficient (Wildman–Crippen LogP) is 1.79. The molecule has 0 bridgehead atoms. The highest BCUT2D eigenvalue weighted by Gasteiger charge is 2.08. The number of para-hydroxylation sites is 1. The van der Waals surface area contributed by atoms with Crippen LogP contribution in [0.4, 0.5) is 0 Å². The number of aryl methyl sites for hydroxylation is 2. The molecule has 6 nitrogen and oxygen atoms in total. The van der Waals surface area contributed by atoms with E-state index in [2.05, 4.69) is 15.3 Å². The van der Waals surface area contributed by atoms with Gasteiger partial charge in [-0.2, -0.15) is 5.10 Å². The molecule has 0 fully saturated rings. The standard InChI is InChI=1S/C13H16N4O2/c1-9-15-16-10(2)17(9)14-8-11-6-5-7-12(18-3)13(11)19-4/h5-8H,1-4H3/b14-8+. The van der Waals surface area contributed by atoms with Crippen LogP contribution in [-0.4, -0.2) is 35.3 Å². The van der Waals surface area contributed by atoms with Crippen molar-refractivity contribution >= 4 is 6.21 Å². The summed E-state index contributed by atoms with van der Waals surface area (Å²) in [5.74, 6) is 2.78. The summed E-state index contributed by atoms with van der Waals surface area (Å²) in [6, 6.07) is 5.62. The summed E-state index contributed by atoms with van der Waals surface area (Å²) in [6.45, 7) is 3.69. The van der Waals surface area contributed by atoms with Crippen molar-refractivity contribution in [3.63, 3.8) is 0 Å². The van der Waals surface area contributed by atoms with Crippen molar-refractivity contribution in [3.05, 3.63) is 35.4 Å². The van der Waals surface area contributed by atoms with Gasteiger partial charge in [-0.3, -0.25) is 0 Å². The lowest BCUT2D eigenvalue weighted by Crippen LogP contribution is -1.99. The smallest absolute Gasteiger partial charge is 0.169 e. The Balaban J connectivity index is 2.39. The second kappa shape index (κ2) is 5.51. The molecule has 0 aliphatic rings. The van der Waals surface area contributed by atoms with E-state index in [1.54, 1.807) is 25.1 Å². The molecule has 0 N–H and O–H groups in total. The first kappa shape index (κ1) is 13.1. The van der Waals surface area contributed by atoms with Crippen LogP contribution in [0, 0.1) is 13.8 Å². The Kier molecular flexibility index (Phi) is 3.79. The summed E-state index contributed by atoms with van der Waals surface area (Å²) in [6.07, 6.45) is 1.70. The SMILES string of the molecule is COc1cccc(/C=N/n2c(C)nnc2C)c1OC. The number of hydrogen-bond acceptors (Lipinski definition) is 5. The Hall–Kier alpha value is -2.37. The van der Waals surface area contributed by atoms with E-state index >= 15 is 0 Å². The summed E-state index contributed by atoms with van der Waals surface area (Å²) in [5, 5.41) is 12.2. The highest BCUT2D eigenvalue weighted by molar-refractivity contribution is 5.85. The number of nitrogens with zero attached hydrogens (tertiary/aromatic N) is 4. The molecule has 0 unspecified atom stereocenters. The van der Waals surface area contributed by atoms with Gasteiger partial charge in [0, 0.05) is 5.56 Å². The first-order chi connectivity index (χ1) is 9.17. The van der Waals surface area contributed by atoms with E-state index in [0.29, 0.717) is 11.5 Å². The van der Waals surface area contributed by atoms with Crippen molar-refractivity contribution < 1.29 is 9.47 Å². The van der Waals surface area contributed by atoms with Gasteiger partial charge in [-0.25, -0.2) is 4.68 Å².